The third-order valence-corrected chi connectivity index (χ3v) is 24.5. The van der Waals surface area contributed by atoms with Gasteiger partial charge in [0.25, 0.3) is 23.6 Å². The first kappa shape index (κ1) is 86.0. The molecule has 2 atom stereocenters. The molecule has 12 aromatic heterocycles. The van der Waals surface area contributed by atoms with Gasteiger partial charge in [-0.05, 0) is 179 Å². The highest BCUT2D eigenvalue weighted by Gasteiger charge is 2.31. The number of aromatic nitrogens is 12. The van der Waals surface area contributed by atoms with Crippen LogP contribution >= 0.6 is 0 Å². The first-order chi connectivity index (χ1) is 61.3. The van der Waals surface area contributed by atoms with Gasteiger partial charge in [-0.25, -0.2) is 66.2 Å². The lowest BCUT2D eigenvalue weighted by Gasteiger charge is -2.37. The fourth-order valence-corrected chi connectivity index (χ4v) is 18.5. The van der Waals surface area contributed by atoms with Crippen LogP contribution in [0.2, 0.25) is 0 Å². The van der Waals surface area contributed by atoms with Crippen molar-refractivity contribution in [1.82, 2.24) is 93.4 Å². The van der Waals surface area contributed by atoms with Gasteiger partial charge in [0.2, 0.25) is 0 Å². The third kappa shape index (κ3) is 16.5. The van der Waals surface area contributed by atoms with Crippen molar-refractivity contribution in [1.29, 1.82) is 0 Å². The van der Waals surface area contributed by atoms with Crippen LogP contribution in [0.1, 0.15) is 113 Å². The zero-order valence-corrected chi connectivity index (χ0v) is 72.9. The summed E-state index contributed by atoms with van der Waals surface area (Å²) in [5.41, 5.74) is 15.5. The highest BCUT2D eigenvalue weighted by molar-refractivity contribution is 6.12. The number of anilines is 4. The second kappa shape index (κ2) is 35.7. The number of rotatable bonds is 11. The molecule has 4 amide bonds. The number of piperidine rings is 1. The van der Waals surface area contributed by atoms with Crippen LogP contribution in [0.25, 0.3) is 111 Å². The molecule has 0 saturated carbocycles. The summed E-state index contributed by atoms with van der Waals surface area (Å²) in [6, 6.07) is 28.1. The number of nitrogens with zero attached hydrogens (tertiary/aromatic N) is 19. The molecular formula is C94H101F6N23O4. The van der Waals surface area contributed by atoms with Gasteiger partial charge in [0.05, 0.1) is 66.4 Å². The summed E-state index contributed by atoms with van der Waals surface area (Å²) < 4.78 is 91.4. The molecule has 4 aromatic carbocycles. The number of halogens is 6. The minimum Gasteiger partial charge on any atom is -0.370 e. The van der Waals surface area contributed by atoms with Gasteiger partial charge in [-0.2, -0.15) is 0 Å². The van der Waals surface area contributed by atoms with Gasteiger partial charge in [0, 0.05) is 204 Å². The van der Waals surface area contributed by atoms with E-state index in [0.29, 0.717) is 110 Å². The summed E-state index contributed by atoms with van der Waals surface area (Å²) in [6.45, 7) is 28.5. The summed E-state index contributed by atoms with van der Waals surface area (Å²) >= 11 is 0. The summed E-state index contributed by atoms with van der Waals surface area (Å²) in [5.74, 6) is -5.76. The number of benzene rings is 4. The molecule has 16 heterocycles. The van der Waals surface area contributed by atoms with E-state index in [1.54, 1.807) is 44.8 Å². The number of aryl methyl sites for hydroxylation is 2. The Bertz CT molecular complexity index is 7050. The monoisotopic (exact) mass is 1730 g/mol. The van der Waals surface area contributed by atoms with Crippen molar-refractivity contribution in [2.24, 2.45) is 11.8 Å². The molecule has 658 valence electrons. The number of hydrogen-bond acceptors (Lipinski definition) is 19. The summed E-state index contributed by atoms with van der Waals surface area (Å²) in [4.78, 5) is 105. The molecule has 16 aromatic rings. The number of pyridine rings is 8. The van der Waals surface area contributed by atoms with Crippen molar-refractivity contribution in [3.8, 4) is 0 Å². The first-order valence-corrected chi connectivity index (χ1v) is 43.4. The van der Waals surface area contributed by atoms with E-state index in [-0.39, 0.29) is 40.2 Å². The molecule has 0 radical (unpaired) electrons. The number of imidazole rings is 4. The van der Waals surface area contributed by atoms with Crippen LogP contribution in [-0.2, 0) is 0 Å². The SMILES string of the molecule is CCNC(=O)c1cc2c(N3CCCN(C)CC3)cc(C)nc2n2c1nc1cc(F)c(F)cc12.CCNC(=O)c1cc2c(N3CCCN(C)CC3)ccnc2n2c1nc1cc(F)c(F)cc12.CCNC(=O)c1cc2c(N3C[C@H](C)C[C@H](C)C3)ccnc2n2c1nc1cc(F)c(F)cc12.CNC(=O)c1cc2c(N3CCCN(C)CC3)ccnc2n2c1nc1ccc(C)cc12. The van der Waals surface area contributed by atoms with E-state index in [4.69, 9.17) is 15.0 Å². The van der Waals surface area contributed by atoms with Crippen LogP contribution in [0.3, 0.4) is 0 Å². The first-order valence-electron chi connectivity index (χ1n) is 43.4. The predicted octanol–water partition coefficient (Wildman–Crippen LogP) is 14.1. The van der Waals surface area contributed by atoms with Crippen molar-refractivity contribution in [3.05, 3.63) is 190 Å². The van der Waals surface area contributed by atoms with E-state index in [0.717, 1.165) is 220 Å². The third-order valence-electron chi connectivity index (χ3n) is 24.5. The molecular weight excluding hydrogens is 1630 g/mol. The maximum atomic E-state index is 14.2. The molecule has 4 aliphatic rings. The molecule has 4 N–H and O–H groups in total. The van der Waals surface area contributed by atoms with Crippen molar-refractivity contribution in [2.75, 3.05) is 159 Å². The highest BCUT2D eigenvalue weighted by atomic mass is 19.2. The zero-order chi connectivity index (χ0) is 89.1. The van der Waals surface area contributed by atoms with Crippen LogP contribution in [0.5, 0.6) is 0 Å². The molecule has 127 heavy (non-hydrogen) atoms. The molecule has 0 bridgehead atoms. The van der Waals surface area contributed by atoms with Crippen LogP contribution in [-0.4, -0.2) is 235 Å². The van der Waals surface area contributed by atoms with Crippen LogP contribution in [0.4, 0.5) is 49.1 Å². The molecule has 0 spiro atoms. The molecule has 0 aliphatic carbocycles. The quantitative estimate of drug-likeness (QED) is 0.0877. The average Bonchev–Trinajstić information content (AvgIpc) is 1.64. The van der Waals surface area contributed by atoms with Gasteiger partial charge in [-0.3, -0.25) is 36.8 Å². The Morgan fingerprint density at radius 2 is 0.685 bits per heavy atom. The Balaban J connectivity index is 0.000000119. The largest absolute Gasteiger partial charge is 0.370 e. The smallest absolute Gasteiger partial charge is 0.255 e. The lowest BCUT2D eigenvalue weighted by Crippen LogP contribution is -2.38. The standard InChI is InChI=1S/C24H26F2N6O.C24H25F2N5O.C23H24F2N6O.C23H26N6O/c1-4-27-24(33)16-11-15-20(31-7-5-6-30(3)8-9-31)10-14(2)28-22(15)32-21-13-18(26)17(25)12-19(21)29-23(16)32;1-4-27-24(32)16-8-15-20(30-11-13(2)7-14(3)12-30)5-6-28-22(15)31-21-10-18(26)17(25)9-19(21)29-23(16)31;1-3-26-23(32)15-11-14-19(30-8-4-7-29(2)9-10-30)5-6-27-21(14)31-20-13-17(25)16(24)12-18(20)28-22(15)31;1-15-5-6-18-20(13-15)29-21-16(14-17(22(29)26-18)23(30)24-2)19(7-8-25-21)28-10-4-9-27(3)11-12-28/h10-13H,4-9H2,1-3H3,(H,27,33);5-6,8-10,13-14H,4,7,11-12H2,1-3H3,(H,27,32);5-6,11-13H,3-4,7-10H2,1-2H3,(H,26,32);5-8,13-14H,4,9-12H2,1-3H3,(H,24,30)/t;13-,14+;;. The van der Waals surface area contributed by atoms with E-state index >= 15 is 0 Å². The number of amides is 4. The Morgan fingerprint density at radius 3 is 1.06 bits per heavy atom. The Morgan fingerprint density at radius 1 is 0.354 bits per heavy atom. The highest BCUT2D eigenvalue weighted by Crippen LogP contribution is 2.40. The Labute approximate surface area is 727 Å². The maximum absolute atomic E-state index is 14.2. The number of carbonyl (C=O) groups excluding carboxylic acids is 4. The number of nitrogens with one attached hydrogen (secondary N) is 4. The lowest BCUT2D eigenvalue weighted by atomic mass is 9.91. The van der Waals surface area contributed by atoms with Crippen LogP contribution in [0, 0.1) is 60.6 Å². The average molecular weight is 1730 g/mol. The second-order valence-electron chi connectivity index (χ2n) is 33.7. The lowest BCUT2D eigenvalue weighted by molar-refractivity contribution is 0.0948. The second-order valence-corrected chi connectivity index (χ2v) is 33.7. The summed E-state index contributed by atoms with van der Waals surface area (Å²) in [7, 11) is 8.05. The maximum Gasteiger partial charge on any atom is 0.255 e. The number of likely N-dealkylation sites (N-methyl/N-ethyl adjacent to an activating group) is 3. The zero-order valence-electron chi connectivity index (χ0n) is 72.9. The molecule has 20 rings (SSSR count). The van der Waals surface area contributed by atoms with E-state index < -0.39 is 34.9 Å². The van der Waals surface area contributed by atoms with Crippen LogP contribution < -0.4 is 40.9 Å². The van der Waals surface area contributed by atoms with E-state index in [9.17, 15) is 45.5 Å². The topological polar surface area (TPSA) is 260 Å². The van der Waals surface area contributed by atoms with Gasteiger partial charge >= 0.3 is 0 Å². The van der Waals surface area contributed by atoms with Crippen LogP contribution in [0.15, 0.2) is 122 Å². The molecule has 4 aliphatic heterocycles. The van der Waals surface area contributed by atoms with E-state index in [1.807, 2.05) is 80.8 Å². The number of hydrogen-bond donors (Lipinski definition) is 4. The van der Waals surface area contributed by atoms with Crippen molar-refractivity contribution < 1.29 is 45.5 Å². The van der Waals surface area contributed by atoms with Gasteiger partial charge in [-0.1, -0.05) is 19.9 Å². The van der Waals surface area contributed by atoms with Gasteiger partial charge in [0.15, 0.2) is 57.5 Å². The summed E-state index contributed by atoms with van der Waals surface area (Å²) in [6.07, 6.45) is 9.62. The van der Waals surface area contributed by atoms with Crippen molar-refractivity contribution >= 4 is 157 Å². The normalized spacial score (nSPS) is 16.5. The number of fused-ring (bicyclic) bond motifs is 20. The van der Waals surface area contributed by atoms with Gasteiger partial charge in [-0.15, -0.1) is 0 Å². The Hall–Kier alpha value is -13.1. The molecule has 27 nitrogen and oxygen atoms in total. The fourth-order valence-electron chi connectivity index (χ4n) is 18.5. The summed E-state index contributed by atoms with van der Waals surface area (Å²) in [5, 5.41) is 14.6. The fraction of sp³-hybridized carbons (Fsp3) is 0.362. The number of carbonyl (C=O) groups is 4. The Kier molecular flexibility index (Phi) is 24.2. The minimum atomic E-state index is -0.980. The molecule has 4 fully saturated rings. The minimum absolute atomic E-state index is 0.140. The molecule has 0 unspecified atom stereocenters. The molecule has 33 heteroatoms. The molecule has 4 saturated heterocycles. The van der Waals surface area contributed by atoms with Crippen molar-refractivity contribution in [3.63, 3.8) is 0 Å². The van der Waals surface area contributed by atoms with Gasteiger partial charge < -0.3 is 55.6 Å². The predicted molar refractivity (Wildman–Crippen MR) is 487 cm³/mol. The van der Waals surface area contributed by atoms with E-state index in [1.165, 1.54) is 6.42 Å². The van der Waals surface area contributed by atoms with Crippen molar-refractivity contribution in [2.45, 2.75) is 74.1 Å². The van der Waals surface area contributed by atoms with E-state index in [2.05, 4.69) is 135 Å². The van der Waals surface area contributed by atoms with Gasteiger partial charge in [0.1, 0.15) is 22.6 Å².